The van der Waals surface area contributed by atoms with Crippen LogP contribution in [0.1, 0.15) is 47.0 Å². The van der Waals surface area contributed by atoms with Gasteiger partial charge in [-0.05, 0) is 60.7 Å². The Morgan fingerprint density at radius 2 is 1.89 bits per heavy atom. The summed E-state index contributed by atoms with van der Waals surface area (Å²) >= 11 is 0. The molecule has 0 bridgehead atoms. The van der Waals surface area contributed by atoms with Gasteiger partial charge in [0.15, 0.2) is 0 Å². The summed E-state index contributed by atoms with van der Waals surface area (Å²) in [5.41, 5.74) is 5.38. The maximum Gasteiger partial charge on any atom is 0.244 e. The van der Waals surface area contributed by atoms with Crippen molar-refractivity contribution in [1.82, 2.24) is 20.1 Å². The number of aromatic nitrogens is 3. The number of pyridine rings is 1. The summed E-state index contributed by atoms with van der Waals surface area (Å²) in [5.74, 6) is 0.661. The lowest BCUT2D eigenvalue weighted by Crippen LogP contribution is -2.29. The van der Waals surface area contributed by atoms with Crippen LogP contribution in [0.4, 0.5) is 0 Å². The quantitative estimate of drug-likeness (QED) is 0.368. The van der Waals surface area contributed by atoms with Crippen molar-refractivity contribution in [2.75, 3.05) is 0 Å². The maximum atomic E-state index is 12.7. The number of fused-ring (bicyclic) bond motifs is 1. The van der Waals surface area contributed by atoms with Gasteiger partial charge in [0, 0.05) is 23.5 Å². The van der Waals surface area contributed by atoms with Crippen LogP contribution in [0.3, 0.4) is 0 Å². The lowest BCUT2D eigenvalue weighted by Gasteiger charge is -2.23. The van der Waals surface area contributed by atoms with Crippen molar-refractivity contribution in [2.24, 2.45) is 0 Å². The number of hydrogen-bond acceptors (Lipinski definition) is 4. The zero-order valence-electron chi connectivity index (χ0n) is 19.5. The van der Waals surface area contributed by atoms with Crippen LogP contribution >= 0.6 is 0 Å². The van der Waals surface area contributed by atoms with Gasteiger partial charge in [0.1, 0.15) is 12.4 Å². The van der Waals surface area contributed by atoms with Gasteiger partial charge < -0.3 is 10.1 Å². The van der Waals surface area contributed by atoms with Crippen LogP contribution in [0.5, 0.6) is 5.75 Å². The van der Waals surface area contributed by atoms with E-state index in [4.69, 9.17) is 4.74 Å². The molecule has 2 aromatic heterocycles. The van der Waals surface area contributed by atoms with Gasteiger partial charge >= 0.3 is 0 Å². The van der Waals surface area contributed by atoms with E-state index >= 15 is 0 Å². The lowest BCUT2D eigenvalue weighted by atomic mass is 9.93. The van der Waals surface area contributed by atoms with Crippen molar-refractivity contribution < 1.29 is 9.53 Å². The number of rotatable bonds is 8. The van der Waals surface area contributed by atoms with E-state index in [1.165, 1.54) is 11.3 Å². The predicted molar refractivity (Wildman–Crippen MR) is 136 cm³/mol. The fourth-order valence-electron chi connectivity index (χ4n) is 4.37. The predicted octanol–water partition coefficient (Wildman–Crippen LogP) is 5.11. The second kappa shape index (κ2) is 10.8. The Balaban J connectivity index is 1.17. The molecule has 0 saturated carbocycles. The fourth-order valence-corrected chi connectivity index (χ4v) is 4.37. The molecule has 1 atom stereocenters. The van der Waals surface area contributed by atoms with Gasteiger partial charge in [-0.2, -0.15) is 5.10 Å². The zero-order valence-corrected chi connectivity index (χ0v) is 19.5. The monoisotopic (exact) mass is 464 g/mol. The van der Waals surface area contributed by atoms with E-state index in [0.717, 1.165) is 48.4 Å². The summed E-state index contributed by atoms with van der Waals surface area (Å²) in [5, 5.41) is 7.78. The number of ether oxygens (including phenoxy) is 1. The van der Waals surface area contributed by atoms with Gasteiger partial charge in [-0.1, -0.05) is 48.5 Å². The lowest BCUT2D eigenvalue weighted by molar-refractivity contribution is -0.117. The first kappa shape index (κ1) is 22.6. The first-order chi connectivity index (χ1) is 17.2. The molecule has 35 heavy (non-hydrogen) atoms. The highest BCUT2D eigenvalue weighted by Gasteiger charge is 2.25. The van der Waals surface area contributed by atoms with Crippen LogP contribution in [-0.2, 0) is 24.4 Å². The largest absolute Gasteiger partial charge is 0.487 e. The molecule has 1 N–H and O–H groups in total. The molecule has 6 heteroatoms. The Labute approximate surface area is 205 Å². The van der Waals surface area contributed by atoms with Crippen LogP contribution < -0.4 is 10.1 Å². The molecule has 1 aliphatic carbocycles. The molecule has 0 spiro atoms. The highest BCUT2D eigenvalue weighted by molar-refractivity contribution is 5.92. The summed E-state index contributed by atoms with van der Waals surface area (Å²) in [7, 11) is 0. The van der Waals surface area contributed by atoms with E-state index in [1.807, 2.05) is 72.9 Å². The number of hydrogen-bond donors (Lipinski definition) is 1. The molecule has 1 unspecified atom stereocenters. The molecule has 1 amide bonds. The first-order valence-corrected chi connectivity index (χ1v) is 11.9. The molecule has 4 aromatic rings. The number of nitrogens with zero attached hydrogens (tertiary/aromatic N) is 3. The van der Waals surface area contributed by atoms with E-state index < -0.39 is 0 Å². The van der Waals surface area contributed by atoms with Gasteiger partial charge in [0.2, 0.25) is 5.91 Å². The second-order valence-corrected chi connectivity index (χ2v) is 8.66. The molecule has 0 aliphatic heterocycles. The average Bonchev–Trinajstić information content (AvgIpc) is 3.32. The van der Waals surface area contributed by atoms with Crippen molar-refractivity contribution in [1.29, 1.82) is 0 Å². The minimum atomic E-state index is -0.103. The number of benzene rings is 2. The van der Waals surface area contributed by atoms with Crippen molar-refractivity contribution in [2.45, 2.75) is 38.5 Å². The Bertz CT molecular complexity index is 1280. The molecular weight excluding hydrogens is 436 g/mol. The molecule has 0 fully saturated rings. The van der Waals surface area contributed by atoms with Crippen LogP contribution in [-0.4, -0.2) is 20.7 Å². The summed E-state index contributed by atoms with van der Waals surface area (Å²) in [6.45, 7) is 1.17. The first-order valence-electron chi connectivity index (χ1n) is 11.9. The van der Waals surface area contributed by atoms with E-state index in [1.54, 1.807) is 12.3 Å². The maximum absolute atomic E-state index is 12.7. The summed E-state index contributed by atoms with van der Waals surface area (Å²) in [4.78, 5) is 16.9. The molecule has 0 radical (unpaired) electrons. The van der Waals surface area contributed by atoms with Gasteiger partial charge in [-0.25, -0.2) is 0 Å². The van der Waals surface area contributed by atoms with E-state index in [2.05, 4.69) is 32.2 Å². The topological polar surface area (TPSA) is 69.0 Å². The minimum Gasteiger partial charge on any atom is -0.487 e. The fraction of sp³-hybridized carbons (Fsp3) is 0.207. The van der Waals surface area contributed by atoms with E-state index in [-0.39, 0.29) is 11.9 Å². The van der Waals surface area contributed by atoms with Crippen LogP contribution in [0, 0.1) is 0 Å². The summed E-state index contributed by atoms with van der Waals surface area (Å²) in [6.07, 6.45) is 10.0. The molecule has 2 heterocycles. The van der Waals surface area contributed by atoms with Gasteiger partial charge in [0.05, 0.1) is 24.5 Å². The van der Waals surface area contributed by atoms with E-state index in [9.17, 15) is 4.79 Å². The third-order valence-corrected chi connectivity index (χ3v) is 6.17. The van der Waals surface area contributed by atoms with Crippen LogP contribution in [0.15, 0.2) is 91.3 Å². The molecule has 1 aliphatic rings. The van der Waals surface area contributed by atoms with Crippen molar-refractivity contribution in [3.05, 3.63) is 119 Å². The SMILES string of the molecule is O=C(/C=C/c1ccc(OCc2ccccn2)cc1)NC1CCCc2c1cnn2Cc1ccccc1. The number of amides is 1. The third-order valence-electron chi connectivity index (χ3n) is 6.17. The number of nitrogens with one attached hydrogen (secondary N) is 1. The van der Waals surface area contributed by atoms with Gasteiger partial charge in [-0.15, -0.1) is 0 Å². The molecular formula is C29H28N4O2. The van der Waals surface area contributed by atoms with Crippen molar-refractivity contribution >= 4 is 12.0 Å². The Kier molecular flexibility index (Phi) is 6.99. The summed E-state index contributed by atoms with van der Waals surface area (Å²) < 4.78 is 7.84. The molecule has 5 rings (SSSR count). The zero-order chi connectivity index (χ0) is 23.9. The standard InChI is InChI=1S/C29H28N4O2/c34-29(17-14-22-12-15-25(16-13-22)35-21-24-9-4-5-18-30-24)32-27-10-6-11-28-26(27)19-31-33(28)20-23-7-2-1-3-8-23/h1-5,7-9,12-19,27H,6,10-11,20-21H2,(H,32,34)/b17-14+. The molecule has 2 aromatic carbocycles. The second-order valence-electron chi connectivity index (χ2n) is 8.66. The van der Waals surface area contributed by atoms with Crippen LogP contribution in [0.25, 0.3) is 6.08 Å². The smallest absolute Gasteiger partial charge is 0.244 e. The van der Waals surface area contributed by atoms with Crippen LogP contribution in [0.2, 0.25) is 0 Å². The van der Waals surface area contributed by atoms with Crippen molar-refractivity contribution in [3.63, 3.8) is 0 Å². The average molecular weight is 465 g/mol. The number of carbonyl (C=O) groups excluding carboxylic acids is 1. The minimum absolute atomic E-state index is 0.0113. The Morgan fingerprint density at radius 1 is 1.06 bits per heavy atom. The Hall–Kier alpha value is -4.19. The molecule has 176 valence electrons. The highest BCUT2D eigenvalue weighted by Crippen LogP contribution is 2.30. The highest BCUT2D eigenvalue weighted by atomic mass is 16.5. The third kappa shape index (κ3) is 5.84. The molecule has 6 nitrogen and oxygen atoms in total. The Morgan fingerprint density at radius 3 is 2.69 bits per heavy atom. The van der Waals surface area contributed by atoms with E-state index in [0.29, 0.717) is 6.61 Å². The summed E-state index contributed by atoms with van der Waals surface area (Å²) in [6, 6.07) is 23.7. The van der Waals surface area contributed by atoms with Gasteiger partial charge in [0.25, 0.3) is 0 Å². The molecule has 0 saturated heterocycles. The number of carbonyl (C=O) groups is 1. The van der Waals surface area contributed by atoms with Gasteiger partial charge in [-0.3, -0.25) is 14.5 Å². The normalized spacial score (nSPS) is 15.0. The van der Waals surface area contributed by atoms with Crippen molar-refractivity contribution in [3.8, 4) is 5.75 Å².